The molecule has 98 valence electrons. The number of hydrogen-bond donors (Lipinski definition) is 0. The Morgan fingerprint density at radius 3 is 2.44 bits per heavy atom. The molecule has 0 atom stereocenters. The minimum atomic E-state index is -4.31. The van der Waals surface area contributed by atoms with E-state index in [4.69, 9.17) is 5.26 Å². The van der Waals surface area contributed by atoms with Gasteiger partial charge in [0.25, 0.3) is 0 Å². The minimum absolute atomic E-state index is 0.0445. The van der Waals surface area contributed by atoms with Crippen molar-refractivity contribution in [3.8, 4) is 6.07 Å². The normalized spacial score (nSPS) is 22.8. The van der Waals surface area contributed by atoms with Gasteiger partial charge in [-0.15, -0.1) is 0 Å². The van der Waals surface area contributed by atoms with Crippen molar-refractivity contribution in [3.05, 3.63) is 11.6 Å². The molecule has 0 saturated heterocycles. The van der Waals surface area contributed by atoms with E-state index < -0.39 is 17.2 Å². The van der Waals surface area contributed by atoms with E-state index in [0.29, 0.717) is 12.8 Å². The maximum atomic E-state index is 12.4. The number of hydrogen-bond acceptors (Lipinski definition) is 2. The fourth-order valence-corrected chi connectivity index (χ4v) is 2.32. The van der Waals surface area contributed by atoms with Gasteiger partial charge in [0, 0.05) is 18.7 Å². The molecule has 1 aliphatic carbocycles. The molecule has 2 rings (SSSR count). The third kappa shape index (κ3) is 2.09. The van der Waals surface area contributed by atoms with Gasteiger partial charge < -0.3 is 4.90 Å². The van der Waals surface area contributed by atoms with Gasteiger partial charge in [-0.2, -0.15) is 18.4 Å². The smallest absolute Gasteiger partial charge is 0.337 e. The van der Waals surface area contributed by atoms with E-state index in [0.717, 1.165) is 12.5 Å². The van der Waals surface area contributed by atoms with Gasteiger partial charge in [0.05, 0.1) is 6.07 Å². The summed E-state index contributed by atoms with van der Waals surface area (Å²) in [6.07, 6.45) is -1.57. The van der Waals surface area contributed by atoms with Crippen LogP contribution in [0.1, 0.15) is 25.7 Å². The van der Waals surface area contributed by atoms with Gasteiger partial charge >= 0.3 is 6.18 Å². The van der Waals surface area contributed by atoms with Gasteiger partial charge in [0.2, 0.25) is 5.91 Å². The maximum absolute atomic E-state index is 12.4. The number of carbonyl (C=O) groups excluding carboxylic acids is 1. The predicted molar refractivity (Wildman–Crippen MR) is 57.2 cm³/mol. The lowest BCUT2D eigenvalue weighted by Gasteiger charge is -2.39. The number of halogens is 3. The van der Waals surface area contributed by atoms with E-state index in [9.17, 15) is 18.0 Å². The van der Waals surface area contributed by atoms with Crippen LogP contribution >= 0.6 is 0 Å². The lowest BCUT2D eigenvalue weighted by molar-refractivity contribution is -0.143. The first-order chi connectivity index (χ1) is 8.39. The highest BCUT2D eigenvalue weighted by Gasteiger charge is 2.47. The molecular weight excluding hydrogens is 245 g/mol. The molecule has 0 bridgehead atoms. The summed E-state index contributed by atoms with van der Waals surface area (Å²) in [4.78, 5) is 13.4. The summed E-state index contributed by atoms with van der Waals surface area (Å²) in [6.45, 7) is 0.00468. The minimum Gasteiger partial charge on any atom is -0.337 e. The Labute approximate surface area is 103 Å². The summed E-state index contributed by atoms with van der Waals surface area (Å²) < 4.78 is 37.3. The fraction of sp³-hybridized carbons (Fsp3) is 0.667. The quantitative estimate of drug-likeness (QED) is 0.678. The summed E-state index contributed by atoms with van der Waals surface area (Å²) in [7, 11) is 0. The van der Waals surface area contributed by atoms with Crippen LogP contribution in [0.15, 0.2) is 11.6 Å². The Morgan fingerprint density at radius 1 is 1.44 bits per heavy atom. The number of rotatable bonds is 1. The van der Waals surface area contributed by atoms with Crippen molar-refractivity contribution < 1.29 is 18.0 Å². The van der Waals surface area contributed by atoms with Gasteiger partial charge in [-0.3, -0.25) is 4.79 Å². The Kier molecular flexibility index (Phi) is 3.09. The summed E-state index contributed by atoms with van der Waals surface area (Å²) in [6, 6.07) is 2.02. The Bertz CT molecular complexity index is 430. The molecule has 1 amide bonds. The van der Waals surface area contributed by atoms with Crippen molar-refractivity contribution in [1.82, 2.24) is 4.90 Å². The van der Waals surface area contributed by atoms with Crippen molar-refractivity contribution in [2.24, 2.45) is 5.41 Å². The van der Waals surface area contributed by atoms with E-state index in [-0.39, 0.29) is 25.4 Å². The van der Waals surface area contributed by atoms with E-state index in [2.05, 4.69) is 0 Å². The summed E-state index contributed by atoms with van der Waals surface area (Å²) in [5, 5.41) is 9.03. The molecule has 0 unspecified atom stereocenters. The molecule has 1 saturated carbocycles. The second-order valence-corrected chi connectivity index (χ2v) is 4.78. The van der Waals surface area contributed by atoms with Crippen LogP contribution < -0.4 is 0 Å². The molecule has 0 aromatic rings. The molecule has 0 aromatic carbocycles. The zero-order valence-corrected chi connectivity index (χ0v) is 9.76. The van der Waals surface area contributed by atoms with Crippen LogP contribution in [-0.2, 0) is 4.79 Å². The highest BCUT2D eigenvalue weighted by atomic mass is 19.4. The molecule has 2 aliphatic rings. The van der Waals surface area contributed by atoms with Crippen LogP contribution in [0.2, 0.25) is 0 Å². The molecule has 1 fully saturated rings. The monoisotopic (exact) mass is 258 g/mol. The number of carbonyl (C=O) groups is 1. The van der Waals surface area contributed by atoms with Crippen LogP contribution in [0.25, 0.3) is 0 Å². The van der Waals surface area contributed by atoms with Gasteiger partial charge in [-0.05, 0) is 25.7 Å². The van der Waals surface area contributed by atoms with Gasteiger partial charge in [0.15, 0.2) is 0 Å². The van der Waals surface area contributed by atoms with Crippen molar-refractivity contribution >= 4 is 5.91 Å². The van der Waals surface area contributed by atoms with Crippen molar-refractivity contribution in [3.63, 3.8) is 0 Å². The Morgan fingerprint density at radius 2 is 2.11 bits per heavy atom. The van der Waals surface area contributed by atoms with E-state index in [1.54, 1.807) is 0 Å². The second kappa shape index (κ2) is 4.30. The molecule has 1 heterocycles. The highest BCUT2D eigenvalue weighted by Crippen LogP contribution is 2.42. The Hall–Kier alpha value is -1.51. The van der Waals surface area contributed by atoms with Crippen LogP contribution in [0, 0.1) is 16.7 Å². The van der Waals surface area contributed by atoms with Crippen LogP contribution in [0.4, 0.5) is 13.2 Å². The maximum Gasteiger partial charge on any atom is 0.412 e. The fourth-order valence-electron chi connectivity index (χ4n) is 2.32. The van der Waals surface area contributed by atoms with Gasteiger partial charge in [0.1, 0.15) is 5.41 Å². The molecule has 1 aliphatic heterocycles. The van der Waals surface area contributed by atoms with E-state index in [1.165, 1.54) is 4.90 Å². The predicted octanol–water partition coefficient (Wildman–Crippen LogP) is 2.40. The number of nitriles is 1. The summed E-state index contributed by atoms with van der Waals surface area (Å²) in [5.74, 6) is -0.311. The number of amides is 1. The van der Waals surface area contributed by atoms with E-state index >= 15 is 0 Å². The highest BCUT2D eigenvalue weighted by molar-refractivity contribution is 5.86. The second-order valence-electron chi connectivity index (χ2n) is 4.78. The standard InChI is InChI=1S/C12H13F3N2O/c13-12(14,15)9-2-6-17(7-3-9)10(18)11(8-16)4-1-5-11/h2H,1,3-7H2. The lowest BCUT2D eigenvalue weighted by Crippen LogP contribution is -2.48. The molecular formula is C12H13F3N2O. The van der Waals surface area contributed by atoms with Crippen LogP contribution in [0.3, 0.4) is 0 Å². The van der Waals surface area contributed by atoms with Gasteiger partial charge in [-0.25, -0.2) is 0 Å². The molecule has 6 heteroatoms. The zero-order valence-electron chi connectivity index (χ0n) is 9.76. The van der Waals surface area contributed by atoms with Gasteiger partial charge in [-0.1, -0.05) is 6.08 Å². The third-order valence-electron chi connectivity index (χ3n) is 3.69. The van der Waals surface area contributed by atoms with Crippen molar-refractivity contribution in [2.75, 3.05) is 13.1 Å². The van der Waals surface area contributed by atoms with Crippen molar-refractivity contribution in [2.45, 2.75) is 31.9 Å². The third-order valence-corrected chi connectivity index (χ3v) is 3.69. The zero-order chi connectivity index (χ0) is 13.4. The first kappa shape index (κ1) is 12.9. The molecule has 0 radical (unpaired) electrons. The topological polar surface area (TPSA) is 44.1 Å². The lowest BCUT2D eigenvalue weighted by atomic mass is 9.69. The van der Waals surface area contributed by atoms with E-state index in [1.807, 2.05) is 6.07 Å². The summed E-state index contributed by atoms with van der Waals surface area (Å²) >= 11 is 0. The van der Waals surface area contributed by atoms with Crippen LogP contribution in [-0.4, -0.2) is 30.1 Å². The summed E-state index contributed by atoms with van der Waals surface area (Å²) in [5.41, 5.74) is -1.55. The average Bonchev–Trinajstić information content (AvgIpc) is 2.27. The molecule has 0 N–H and O–H groups in total. The molecule has 3 nitrogen and oxygen atoms in total. The molecule has 0 spiro atoms. The molecule has 18 heavy (non-hydrogen) atoms. The van der Waals surface area contributed by atoms with Crippen LogP contribution in [0.5, 0.6) is 0 Å². The Balaban J connectivity index is 2.05. The molecule has 0 aromatic heterocycles. The first-order valence-electron chi connectivity index (χ1n) is 5.86. The number of alkyl halides is 3. The number of nitrogens with zero attached hydrogens (tertiary/aromatic N) is 2. The van der Waals surface area contributed by atoms with Crippen molar-refractivity contribution in [1.29, 1.82) is 5.26 Å². The SMILES string of the molecule is N#CC1(C(=O)N2CC=C(C(F)(F)F)CC2)CCC1. The largest absolute Gasteiger partial charge is 0.412 e. The average molecular weight is 258 g/mol. The first-order valence-corrected chi connectivity index (χ1v) is 5.86.